The van der Waals surface area contributed by atoms with Crippen LogP contribution in [0, 0.1) is 11.6 Å². The lowest BCUT2D eigenvalue weighted by Gasteiger charge is -2.22. The Morgan fingerprint density at radius 3 is 2.59 bits per heavy atom. The van der Waals surface area contributed by atoms with Crippen molar-refractivity contribution in [1.82, 2.24) is 15.1 Å². The second kappa shape index (κ2) is 8.04. The summed E-state index contributed by atoms with van der Waals surface area (Å²) in [5, 5.41) is 11.2. The van der Waals surface area contributed by atoms with Gasteiger partial charge < -0.3 is 10.2 Å². The van der Waals surface area contributed by atoms with Gasteiger partial charge in [0.15, 0.2) is 0 Å². The second-order valence-electron chi connectivity index (χ2n) is 6.58. The monoisotopic (exact) mass is 414 g/mol. The molecule has 1 fully saturated rings. The van der Waals surface area contributed by atoms with Gasteiger partial charge in [-0.25, -0.2) is 8.78 Å². The summed E-state index contributed by atoms with van der Waals surface area (Å²) in [6, 6.07) is 10.8. The second-order valence-corrected chi connectivity index (χ2v) is 7.59. The molecule has 2 heterocycles. The molecule has 0 aliphatic carbocycles. The van der Waals surface area contributed by atoms with Gasteiger partial charge in [0, 0.05) is 17.8 Å². The van der Waals surface area contributed by atoms with E-state index in [4.69, 9.17) is 0 Å². The molecule has 1 saturated heterocycles. The minimum Gasteiger partial charge on any atom is -0.329 e. The highest BCUT2D eigenvalue weighted by Gasteiger charge is 2.33. The van der Waals surface area contributed by atoms with E-state index in [2.05, 4.69) is 15.5 Å². The lowest BCUT2D eigenvalue weighted by atomic mass is 10.1. The average molecular weight is 414 g/mol. The van der Waals surface area contributed by atoms with Gasteiger partial charge >= 0.3 is 0 Å². The molecule has 0 spiro atoms. The Labute approximate surface area is 169 Å². The normalized spacial score (nSPS) is 16.1. The minimum atomic E-state index is -0.500. The van der Waals surface area contributed by atoms with E-state index in [1.165, 1.54) is 36.4 Å². The molecule has 0 bridgehead atoms. The summed E-state index contributed by atoms with van der Waals surface area (Å²) in [5.41, 5.74) is 0.584. The fourth-order valence-electron chi connectivity index (χ4n) is 3.27. The Morgan fingerprint density at radius 2 is 1.83 bits per heavy atom. The molecule has 3 aromatic rings. The Balaban J connectivity index is 1.50. The van der Waals surface area contributed by atoms with Crippen LogP contribution in [0.5, 0.6) is 0 Å². The van der Waals surface area contributed by atoms with Crippen LogP contribution < -0.4 is 5.32 Å². The van der Waals surface area contributed by atoms with Crippen LogP contribution in [0.2, 0.25) is 0 Å². The third-order valence-corrected chi connectivity index (χ3v) is 5.61. The zero-order valence-electron chi connectivity index (χ0n) is 15.1. The van der Waals surface area contributed by atoms with Crippen molar-refractivity contribution in [1.29, 1.82) is 0 Å². The molecule has 1 aliphatic heterocycles. The lowest BCUT2D eigenvalue weighted by Crippen LogP contribution is -2.30. The maximum Gasteiger partial charge on any atom is 0.286 e. The van der Waals surface area contributed by atoms with E-state index in [0.717, 1.165) is 17.8 Å². The zero-order chi connectivity index (χ0) is 20.4. The van der Waals surface area contributed by atoms with Crippen molar-refractivity contribution in [3.8, 4) is 0 Å². The Hall–Kier alpha value is -3.20. The number of benzene rings is 2. The number of nitrogens with zero attached hydrogens (tertiary/aromatic N) is 3. The number of carbonyl (C=O) groups is 2. The number of amides is 2. The third-order valence-electron chi connectivity index (χ3n) is 4.59. The molecule has 6 nitrogen and oxygen atoms in total. The smallest absolute Gasteiger partial charge is 0.286 e. The van der Waals surface area contributed by atoms with Crippen molar-refractivity contribution in [2.24, 2.45) is 0 Å². The maximum atomic E-state index is 13.5. The van der Waals surface area contributed by atoms with Crippen LogP contribution in [0.3, 0.4) is 0 Å². The predicted octanol–water partition coefficient (Wildman–Crippen LogP) is 4.05. The van der Waals surface area contributed by atoms with Gasteiger partial charge in [0.05, 0.1) is 6.04 Å². The summed E-state index contributed by atoms with van der Waals surface area (Å²) in [6.07, 6.45) is 1.46. The molecule has 0 radical (unpaired) electrons. The number of rotatable bonds is 4. The van der Waals surface area contributed by atoms with E-state index in [1.54, 1.807) is 17.0 Å². The summed E-state index contributed by atoms with van der Waals surface area (Å²) >= 11 is 1.09. The molecule has 148 valence electrons. The zero-order valence-corrected chi connectivity index (χ0v) is 16.0. The first kappa shape index (κ1) is 19.1. The van der Waals surface area contributed by atoms with Crippen molar-refractivity contribution in [3.05, 3.63) is 75.7 Å². The largest absolute Gasteiger partial charge is 0.329 e. The molecule has 29 heavy (non-hydrogen) atoms. The fourth-order valence-corrected chi connectivity index (χ4v) is 4.15. The van der Waals surface area contributed by atoms with Crippen LogP contribution in [0.25, 0.3) is 0 Å². The number of aromatic nitrogens is 2. The maximum absolute atomic E-state index is 13.5. The quantitative estimate of drug-likeness (QED) is 0.699. The standard InChI is InChI=1S/C20H16F2N4O2S/c21-13-5-1-4-12(10-13)20(28)26-9-3-8-16(26)18-24-25-19(29-18)17(27)23-15-7-2-6-14(22)11-15/h1-2,4-7,10-11,16H,3,8-9H2,(H,23,27)/t16-/m1/s1. The number of carbonyl (C=O) groups excluding carboxylic acids is 2. The van der Waals surface area contributed by atoms with Gasteiger partial charge in [-0.2, -0.15) is 0 Å². The molecule has 2 amide bonds. The number of nitrogens with one attached hydrogen (secondary N) is 1. The predicted molar refractivity (Wildman–Crippen MR) is 104 cm³/mol. The molecule has 1 atom stereocenters. The third kappa shape index (κ3) is 4.14. The van der Waals surface area contributed by atoms with Crippen molar-refractivity contribution in [3.63, 3.8) is 0 Å². The number of halogens is 2. The highest BCUT2D eigenvalue weighted by molar-refractivity contribution is 7.13. The molecule has 0 saturated carbocycles. The van der Waals surface area contributed by atoms with E-state index < -0.39 is 17.5 Å². The first-order valence-electron chi connectivity index (χ1n) is 8.98. The molecule has 0 unspecified atom stereocenters. The highest BCUT2D eigenvalue weighted by Crippen LogP contribution is 2.34. The first-order valence-corrected chi connectivity index (χ1v) is 9.80. The Bertz CT molecular complexity index is 1070. The van der Waals surface area contributed by atoms with E-state index in [9.17, 15) is 18.4 Å². The SMILES string of the molecule is O=C(Nc1cccc(F)c1)c1nnc([C@H]2CCCN2C(=O)c2cccc(F)c2)s1. The Morgan fingerprint density at radius 1 is 1.07 bits per heavy atom. The van der Waals surface area contributed by atoms with Gasteiger partial charge in [0.2, 0.25) is 5.01 Å². The molecule has 1 N–H and O–H groups in total. The summed E-state index contributed by atoms with van der Waals surface area (Å²) in [4.78, 5) is 26.8. The van der Waals surface area contributed by atoms with Crippen molar-refractivity contribution >= 4 is 28.8 Å². The van der Waals surface area contributed by atoms with Crippen molar-refractivity contribution in [2.45, 2.75) is 18.9 Å². The number of hydrogen-bond donors (Lipinski definition) is 1. The molecular formula is C20H16F2N4O2S. The molecular weight excluding hydrogens is 398 g/mol. The summed E-state index contributed by atoms with van der Waals surface area (Å²) < 4.78 is 26.7. The lowest BCUT2D eigenvalue weighted by molar-refractivity contribution is 0.0734. The van der Waals surface area contributed by atoms with E-state index in [-0.39, 0.29) is 22.5 Å². The van der Waals surface area contributed by atoms with Crippen LogP contribution in [-0.4, -0.2) is 33.5 Å². The van der Waals surface area contributed by atoms with E-state index >= 15 is 0 Å². The van der Waals surface area contributed by atoms with Crippen LogP contribution in [0.4, 0.5) is 14.5 Å². The van der Waals surface area contributed by atoms with Gasteiger partial charge in [-0.1, -0.05) is 23.5 Å². The van der Waals surface area contributed by atoms with Gasteiger partial charge in [0.25, 0.3) is 11.8 Å². The topological polar surface area (TPSA) is 75.2 Å². The van der Waals surface area contributed by atoms with Gasteiger partial charge in [-0.15, -0.1) is 10.2 Å². The summed E-state index contributed by atoms with van der Waals surface area (Å²) in [5.74, 6) is -1.72. The fraction of sp³-hybridized carbons (Fsp3) is 0.200. The summed E-state index contributed by atoms with van der Waals surface area (Å²) in [6.45, 7) is 0.518. The average Bonchev–Trinajstić information content (AvgIpc) is 3.37. The minimum absolute atomic E-state index is 0.120. The molecule has 1 aromatic heterocycles. The first-order chi connectivity index (χ1) is 14.0. The van der Waals surface area contributed by atoms with Gasteiger partial charge in [-0.05, 0) is 49.2 Å². The summed E-state index contributed by atoms with van der Waals surface area (Å²) in [7, 11) is 0. The van der Waals surface area contributed by atoms with Gasteiger partial charge in [0.1, 0.15) is 16.6 Å². The van der Waals surface area contributed by atoms with Crippen molar-refractivity contribution < 1.29 is 18.4 Å². The number of hydrogen-bond acceptors (Lipinski definition) is 5. The van der Waals surface area contributed by atoms with E-state index in [1.807, 2.05) is 0 Å². The van der Waals surface area contributed by atoms with Crippen molar-refractivity contribution in [2.75, 3.05) is 11.9 Å². The molecule has 4 rings (SSSR count). The molecule has 1 aliphatic rings. The van der Waals surface area contributed by atoms with Gasteiger partial charge in [-0.3, -0.25) is 9.59 Å². The Kier molecular flexibility index (Phi) is 5.30. The van der Waals surface area contributed by atoms with Crippen LogP contribution >= 0.6 is 11.3 Å². The highest BCUT2D eigenvalue weighted by atomic mass is 32.1. The van der Waals surface area contributed by atoms with Crippen LogP contribution in [0.1, 0.15) is 44.1 Å². The number of anilines is 1. The molecule has 9 heteroatoms. The number of likely N-dealkylation sites (tertiary alicyclic amines) is 1. The van der Waals surface area contributed by atoms with E-state index in [0.29, 0.717) is 23.7 Å². The molecule has 2 aromatic carbocycles. The van der Waals surface area contributed by atoms with Crippen LogP contribution in [-0.2, 0) is 0 Å². The van der Waals surface area contributed by atoms with Crippen LogP contribution in [0.15, 0.2) is 48.5 Å².